The van der Waals surface area contributed by atoms with Crippen LogP contribution in [0.15, 0.2) is 59.5 Å². The number of pyridine rings is 1. The number of aromatic nitrogens is 1. The summed E-state index contributed by atoms with van der Waals surface area (Å²) in [5, 5.41) is 0. The van der Waals surface area contributed by atoms with Crippen molar-refractivity contribution in [3.8, 4) is 0 Å². The molecule has 0 saturated carbocycles. The van der Waals surface area contributed by atoms with Gasteiger partial charge in [0.15, 0.2) is 0 Å². The molecule has 2 heterocycles. The Bertz CT molecular complexity index is 1180. The molecule has 30 heavy (non-hydrogen) atoms. The number of hydrogen-bond donors (Lipinski definition) is 1. The van der Waals surface area contributed by atoms with Crippen molar-refractivity contribution in [3.63, 3.8) is 0 Å². The van der Waals surface area contributed by atoms with E-state index in [-0.39, 0.29) is 23.5 Å². The van der Waals surface area contributed by atoms with E-state index in [2.05, 4.69) is 4.98 Å². The average molecular weight is 417 g/mol. The van der Waals surface area contributed by atoms with Crippen molar-refractivity contribution in [2.75, 3.05) is 16.5 Å². The largest absolute Gasteiger partial charge is 0.416 e. The lowest BCUT2D eigenvalue weighted by Crippen LogP contribution is -2.45. The zero-order chi connectivity index (χ0) is 21.6. The van der Waals surface area contributed by atoms with Crippen molar-refractivity contribution in [2.24, 2.45) is 0 Å². The Labute approximate surface area is 168 Å². The summed E-state index contributed by atoms with van der Waals surface area (Å²) in [4.78, 5) is 29.8. The number of nitrogens with one attached hydrogen (secondary N) is 1. The van der Waals surface area contributed by atoms with Gasteiger partial charge in [0.05, 0.1) is 22.5 Å². The molecule has 0 atom stereocenters. The first-order valence-corrected chi connectivity index (χ1v) is 8.91. The van der Waals surface area contributed by atoms with E-state index in [4.69, 9.17) is 0 Å². The molecule has 1 amide bonds. The third-order valence-corrected chi connectivity index (χ3v) is 4.90. The molecular formula is C21H15F4N3O2. The van der Waals surface area contributed by atoms with E-state index in [9.17, 15) is 27.2 Å². The summed E-state index contributed by atoms with van der Waals surface area (Å²) in [6.45, 7) is 1.64. The zero-order valence-corrected chi connectivity index (χ0v) is 15.6. The van der Waals surface area contributed by atoms with Crippen LogP contribution in [0.2, 0.25) is 0 Å². The van der Waals surface area contributed by atoms with Crippen molar-refractivity contribution < 1.29 is 22.4 Å². The molecule has 3 aromatic rings. The molecule has 0 bridgehead atoms. The molecule has 1 N–H and O–H groups in total. The number of alkyl halides is 3. The van der Waals surface area contributed by atoms with Crippen LogP contribution in [0.1, 0.15) is 21.5 Å². The van der Waals surface area contributed by atoms with Crippen molar-refractivity contribution in [1.29, 1.82) is 0 Å². The number of benzene rings is 2. The van der Waals surface area contributed by atoms with Gasteiger partial charge >= 0.3 is 6.18 Å². The van der Waals surface area contributed by atoms with Gasteiger partial charge in [0.1, 0.15) is 12.5 Å². The predicted octanol–water partition coefficient (Wildman–Crippen LogP) is 4.60. The molecule has 0 saturated heterocycles. The maximum Gasteiger partial charge on any atom is 0.416 e. The number of carbonyl (C=O) groups excluding carboxylic acids is 1. The Kier molecular flexibility index (Phi) is 4.60. The number of aromatic amines is 1. The summed E-state index contributed by atoms with van der Waals surface area (Å²) in [5.74, 6) is -1.09. The lowest BCUT2D eigenvalue weighted by Gasteiger charge is -2.38. The second-order valence-electron chi connectivity index (χ2n) is 6.87. The molecule has 0 radical (unpaired) electrons. The standard InChI is InChI=1S/C21H15F4N3O2/c1-12-8-14(22)3-6-17(12)28-11-27(15-4-7-19(29)26-10-15)20(30)16-9-13(21(23,24)25)2-5-18(16)28/h2-10H,11H2,1H3,(H,26,29). The van der Waals surface area contributed by atoms with Gasteiger partial charge in [-0.1, -0.05) is 0 Å². The second-order valence-corrected chi connectivity index (χ2v) is 6.87. The van der Waals surface area contributed by atoms with Gasteiger partial charge in [-0.25, -0.2) is 4.39 Å². The van der Waals surface area contributed by atoms with Crippen molar-refractivity contribution in [2.45, 2.75) is 13.1 Å². The summed E-state index contributed by atoms with van der Waals surface area (Å²) in [6, 6.07) is 9.64. The first kappa shape index (κ1) is 19.7. The van der Waals surface area contributed by atoms with Crippen LogP contribution in [0.4, 0.5) is 34.6 Å². The number of hydrogen-bond acceptors (Lipinski definition) is 3. The van der Waals surface area contributed by atoms with Crippen LogP contribution < -0.4 is 15.4 Å². The van der Waals surface area contributed by atoms with Gasteiger partial charge < -0.3 is 9.88 Å². The van der Waals surface area contributed by atoms with Crippen LogP contribution in [0.25, 0.3) is 0 Å². The quantitative estimate of drug-likeness (QED) is 0.621. The molecule has 1 aromatic heterocycles. The average Bonchev–Trinajstić information content (AvgIpc) is 2.69. The number of H-pyrrole nitrogens is 1. The molecule has 4 rings (SSSR count). The molecular weight excluding hydrogens is 402 g/mol. The number of halogens is 4. The molecule has 0 unspecified atom stereocenters. The number of aryl methyl sites for hydroxylation is 1. The number of anilines is 3. The Hall–Kier alpha value is -3.62. The van der Waals surface area contributed by atoms with E-state index in [1.54, 1.807) is 11.8 Å². The SMILES string of the molecule is Cc1cc(F)ccc1N1CN(c2ccc(=O)[nH]c2)C(=O)c2cc(C(F)(F)F)ccc21. The third-order valence-electron chi connectivity index (χ3n) is 4.90. The minimum Gasteiger partial charge on any atom is -0.327 e. The summed E-state index contributed by atoms with van der Waals surface area (Å²) >= 11 is 0. The highest BCUT2D eigenvalue weighted by atomic mass is 19.4. The van der Waals surface area contributed by atoms with Crippen LogP contribution in [0.5, 0.6) is 0 Å². The van der Waals surface area contributed by atoms with E-state index in [0.29, 0.717) is 16.9 Å². The third kappa shape index (κ3) is 3.42. The molecule has 5 nitrogen and oxygen atoms in total. The van der Waals surface area contributed by atoms with Crippen LogP contribution >= 0.6 is 0 Å². The molecule has 0 aliphatic carbocycles. The molecule has 0 fully saturated rings. The van der Waals surface area contributed by atoms with Crippen LogP contribution in [0.3, 0.4) is 0 Å². The van der Waals surface area contributed by atoms with Gasteiger partial charge in [-0.15, -0.1) is 0 Å². The second kappa shape index (κ2) is 7.01. The van der Waals surface area contributed by atoms with E-state index in [0.717, 1.165) is 12.1 Å². The monoisotopic (exact) mass is 417 g/mol. The molecule has 1 aliphatic heterocycles. The maximum atomic E-state index is 13.6. The summed E-state index contributed by atoms with van der Waals surface area (Å²) in [6.07, 6.45) is -3.30. The van der Waals surface area contributed by atoms with E-state index >= 15 is 0 Å². The van der Waals surface area contributed by atoms with E-state index in [1.165, 1.54) is 47.5 Å². The van der Waals surface area contributed by atoms with Crippen LogP contribution in [-0.4, -0.2) is 17.6 Å². The Morgan fingerprint density at radius 1 is 0.933 bits per heavy atom. The van der Waals surface area contributed by atoms with Crippen LogP contribution in [0, 0.1) is 12.7 Å². The fourth-order valence-electron chi connectivity index (χ4n) is 3.44. The van der Waals surface area contributed by atoms with Crippen molar-refractivity contribution >= 4 is 23.0 Å². The lowest BCUT2D eigenvalue weighted by molar-refractivity contribution is -0.137. The molecule has 9 heteroatoms. The number of nitrogens with zero attached hydrogens (tertiary/aromatic N) is 2. The van der Waals surface area contributed by atoms with Gasteiger partial charge in [-0.3, -0.25) is 14.5 Å². The summed E-state index contributed by atoms with van der Waals surface area (Å²) in [5.41, 5.74) is 0.209. The molecule has 2 aromatic carbocycles. The van der Waals surface area contributed by atoms with E-state index in [1.807, 2.05) is 0 Å². The first-order valence-electron chi connectivity index (χ1n) is 8.91. The normalized spacial score (nSPS) is 14.1. The number of fused-ring (bicyclic) bond motifs is 1. The summed E-state index contributed by atoms with van der Waals surface area (Å²) in [7, 11) is 0. The van der Waals surface area contributed by atoms with Gasteiger partial charge in [0.25, 0.3) is 5.91 Å². The smallest absolute Gasteiger partial charge is 0.327 e. The maximum absolute atomic E-state index is 13.6. The van der Waals surface area contributed by atoms with Gasteiger partial charge in [-0.2, -0.15) is 13.2 Å². The molecule has 154 valence electrons. The summed E-state index contributed by atoms with van der Waals surface area (Å²) < 4.78 is 53.4. The minimum atomic E-state index is -4.62. The Balaban J connectivity index is 1.90. The molecule has 0 spiro atoms. The van der Waals surface area contributed by atoms with Gasteiger partial charge in [0, 0.05) is 18.0 Å². The Morgan fingerprint density at radius 2 is 1.67 bits per heavy atom. The van der Waals surface area contributed by atoms with Crippen LogP contribution in [-0.2, 0) is 6.18 Å². The van der Waals surface area contributed by atoms with E-state index < -0.39 is 23.5 Å². The number of amides is 1. The van der Waals surface area contributed by atoms with Crippen molar-refractivity contribution in [1.82, 2.24) is 4.98 Å². The molecule has 1 aliphatic rings. The van der Waals surface area contributed by atoms with Gasteiger partial charge in [0.2, 0.25) is 5.56 Å². The fraction of sp³-hybridized carbons (Fsp3) is 0.143. The zero-order valence-electron chi connectivity index (χ0n) is 15.6. The Morgan fingerprint density at radius 3 is 2.30 bits per heavy atom. The highest BCUT2D eigenvalue weighted by Crippen LogP contribution is 2.40. The number of rotatable bonds is 2. The first-order chi connectivity index (χ1) is 14.1. The minimum absolute atomic E-state index is 0.0320. The number of carbonyl (C=O) groups is 1. The lowest BCUT2D eigenvalue weighted by atomic mass is 10.0. The fourth-order valence-corrected chi connectivity index (χ4v) is 3.44. The topological polar surface area (TPSA) is 56.4 Å². The predicted molar refractivity (Wildman–Crippen MR) is 103 cm³/mol. The highest BCUT2D eigenvalue weighted by Gasteiger charge is 2.36. The highest BCUT2D eigenvalue weighted by molar-refractivity contribution is 6.12. The van der Waals surface area contributed by atoms with Gasteiger partial charge in [-0.05, 0) is 55.0 Å². The van der Waals surface area contributed by atoms with Crippen molar-refractivity contribution in [3.05, 3.63) is 87.6 Å².